The highest BCUT2D eigenvalue weighted by Gasteiger charge is 2.11. The molecule has 2 aromatic rings. The van der Waals surface area contributed by atoms with Gasteiger partial charge in [0.05, 0.1) is 21.5 Å². The van der Waals surface area contributed by atoms with Gasteiger partial charge in [-0.2, -0.15) is 0 Å². The minimum Gasteiger partial charge on any atom is -0.386 e. The Kier molecular flexibility index (Phi) is 8.87. The minimum atomic E-state index is -0.710. The van der Waals surface area contributed by atoms with Gasteiger partial charge in [-0.3, -0.25) is 9.79 Å². The largest absolute Gasteiger partial charge is 0.386 e. The summed E-state index contributed by atoms with van der Waals surface area (Å²) in [6.07, 6.45) is -0.710. The summed E-state index contributed by atoms with van der Waals surface area (Å²) in [6, 6.07) is 10.4. The smallest absolute Gasteiger partial charge is 0.252 e. The van der Waals surface area contributed by atoms with Crippen LogP contribution < -0.4 is 16.0 Å². The fourth-order valence-corrected chi connectivity index (χ4v) is 3.47. The molecule has 0 fully saturated rings. The van der Waals surface area contributed by atoms with Crippen molar-refractivity contribution in [3.63, 3.8) is 0 Å². The maximum Gasteiger partial charge on any atom is 0.252 e. The molecule has 0 saturated heterocycles. The van der Waals surface area contributed by atoms with E-state index in [1.807, 2.05) is 6.92 Å². The first kappa shape index (κ1) is 21.5. The van der Waals surface area contributed by atoms with Gasteiger partial charge in [-0.15, -0.1) is 11.3 Å². The molecule has 0 saturated carbocycles. The number of carbonyl (C=O) groups is 1. The van der Waals surface area contributed by atoms with Crippen molar-refractivity contribution in [1.82, 2.24) is 16.0 Å². The first-order chi connectivity index (χ1) is 13.0. The second-order valence-corrected chi connectivity index (χ2v) is 7.69. The van der Waals surface area contributed by atoms with Crippen LogP contribution in [0.3, 0.4) is 0 Å². The Hall–Kier alpha value is -1.80. The number of benzene rings is 1. The van der Waals surface area contributed by atoms with Crippen molar-refractivity contribution >= 4 is 46.4 Å². The van der Waals surface area contributed by atoms with Crippen molar-refractivity contribution in [2.24, 2.45) is 4.99 Å². The number of nitrogens with zero attached hydrogens (tertiary/aromatic N) is 1. The van der Waals surface area contributed by atoms with Crippen LogP contribution in [0.15, 0.2) is 41.4 Å². The second kappa shape index (κ2) is 11.1. The normalized spacial score (nSPS) is 12.5. The lowest BCUT2D eigenvalue weighted by molar-refractivity contribution is 0.0954. The molecule has 6 nitrogen and oxygen atoms in total. The predicted molar refractivity (Wildman–Crippen MR) is 112 cm³/mol. The average molecular weight is 429 g/mol. The average Bonchev–Trinajstić information content (AvgIpc) is 3.09. The molecule has 9 heteroatoms. The zero-order valence-corrected chi connectivity index (χ0v) is 17.2. The highest BCUT2D eigenvalue weighted by Crippen LogP contribution is 2.26. The number of amides is 1. The zero-order valence-electron chi connectivity index (χ0n) is 14.8. The molecule has 2 rings (SSSR count). The molecule has 0 aliphatic rings. The molecular formula is C18H22Cl2N4O2S. The summed E-state index contributed by atoms with van der Waals surface area (Å²) < 4.78 is 0.632. The molecule has 1 amide bonds. The van der Waals surface area contributed by atoms with E-state index in [9.17, 15) is 9.90 Å². The van der Waals surface area contributed by atoms with Gasteiger partial charge in [0.25, 0.3) is 5.91 Å². The number of aliphatic hydroxyl groups is 1. The number of hydrogen-bond donors (Lipinski definition) is 4. The van der Waals surface area contributed by atoms with Gasteiger partial charge in [0.1, 0.15) is 6.10 Å². The van der Waals surface area contributed by atoms with Crippen LogP contribution in [0.1, 0.15) is 28.3 Å². The molecular weight excluding hydrogens is 407 g/mol. The van der Waals surface area contributed by atoms with E-state index in [0.29, 0.717) is 40.5 Å². The highest BCUT2D eigenvalue weighted by molar-refractivity contribution is 7.16. The van der Waals surface area contributed by atoms with Crippen LogP contribution in [-0.4, -0.2) is 43.2 Å². The van der Waals surface area contributed by atoms with Crippen LogP contribution in [0.5, 0.6) is 0 Å². The number of rotatable bonds is 8. The monoisotopic (exact) mass is 428 g/mol. The highest BCUT2D eigenvalue weighted by atomic mass is 35.5. The zero-order chi connectivity index (χ0) is 19.6. The van der Waals surface area contributed by atoms with Crippen molar-refractivity contribution < 1.29 is 9.90 Å². The van der Waals surface area contributed by atoms with E-state index in [-0.39, 0.29) is 12.5 Å². The van der Waals surface area contributed by atoms with Crippen molar-refractivity contribution in [2.75, 3.05) is 26.2 Å². The summed E-state index contributed by atoms with van der Waals surface area (Å²) in [4.78, 5) is 17.2. The molecule has 0 radical (unpaired) electrons. The summed E-state index contributed by atoms with van der Waals surface area (Å²) in [5.74, 6) is 0.334. The molecule has 0 spiro atoms. The molecule has 1 unspecified atom stereocenters. The molecule has 0 aliphatic heterocycles. The molecule has 146 valence electrons. The number of guanidine groups is 1. The van der Waals surface area contributed by atoms with E-state index in [1.54, 1.807) is 36.4 Å². The Bertz CT molecular complexity index is 782. The Morgan fingerprint density at radius 3 is 2.56 bits per heavy atom. The Labute approximate surface area is 172 Å². The standard InChI is InChI=1S/C18H22Cl2N4O2S/c1-2-21-18(24-11-14(25)15-7-8-16(20)27-15)23-10-9-22-17(26)12-5-3-4-6-13(12)19/h3-8,14,25H,2,9-11H2,1H3,(H,22,26)(H2,21,23,24). The fraction of sp³-hybridized carbons (Fsp3) is 0.333. The summed E-state index contributed by atoms with van der Waals surface area (Å²) >= 11 is 13.2. The van der Waals surface area contributed by atoms with Crippen molar-refractivity contribution in [3.8, 4) is 0 Å². The maximum absolute atomic E-state index is 12.1. The van der Waals surface area contributed by atoms with E-state index < -0.39 is 6.10 Å². The summed E-state index contributed by atoms with van der Waals surface area (Å²) in [7, 11) is 0. The van der Waals surface area contributed by atoms with Gasteiger partial charge in [0.2, 0.25) is 0 Å². The Balaban J connectivity index is 1.80. The predicted octanol–water partition coefficient (Wildman–Crippen LogP) is 3.07. The lowest BCUT2D eigenvalue weighted by Gasteiger charge is -2.13. The molecule has 0 aliphatic carbocycles. The van der Waals surface area contributed by atoms with Gasteiger partial charge in [-0.05, 0) is 31.2 Å². The third-order valence-corrected chi connectivity index (χ3v) is 5.17. The van der Waals surface area contributed by atoms with E-state index in [0.717, 1.165) is 4.88 Å². The Morgan fingerprint density at radius 2 is 1.89 bits per heavy atom. The van der Waals surface area contributed by atoms with Crippen LogP contribution in [-0.2, 0) is 0 Å². The van der Waals surface area contributed by atoms with Gasteiger partial charge in [0, 0.05) is 24.5 Å². The van der Waals surface area contributed by atoms with Crippen LogP contribution in [0.25, 0.3) is 0 Å². The third-order valence-electron chi connectivity index (χ3n) is 3.51. The molecule has 1 heterocycles. The third kappa shape index (κ3) is 7.03. The topological polar surface area (TPSA) is 85.8 Å². The van der Waals surface area contributed by atoms with Crippen LogP contribution in [0, 0.1) is 0 Å². The number of halogens is 2. The number of aliphatic hydroxyl groups excluding tert-OH is 1. The SMILES string of the molecule is CCNC(=NCC(O)c1ccc(Cl)s1)NCCNC(=O)c1ccccc1Cl. The van der Waals surface area contributed by atoms with E-state index in [4.69, 9.17) is 23.2 Å². The number of nitrogens with one attached hydrogen (secondary N) is 3. The lowest BCUT2D eigenvalue weighted by Crippen LogP contribution is -2.41. The van der Waals surface area contributed by atoms with E-state index in [2.05, 4.69) is 20.9 Å². The molecule has 0 bridgehead atoms. The Morgan fingerprint density at radius 1 is 1.15 bits per heavy atom. The summed E-state index contributed by atoms with van der Waals surface area (Å²) in [5, 5.41) is 19.6. The van der Waals surface area contributed by atoms with Crippen LogP contribution in [0.4, 0.5) is 0 Å². The van der Waals surface area contributed by atoms with Crippen molar-refractivity contribution in [1.29, 1.82) is 0 Å². The van der Waals surface area contributed by atoms with Crippen molar-refractivity contribution in [3.05, 3.63) is 56.2 Å². The van der Waals surface area contributed by atoms with E-state index in [1.165, 1.54) is 11.3 Å². The molecule has 27 heavy (non-hydrogen) atoms. The lowest BCUT2D eigenvalue weighted by atomic mass is 10.2. The molecule has 1 aromatic carbocycles. The first-order valence-corrected chi connectivity index (χ1v) is 10.1. The fourth-order valence-electron chi connectivity index (χ4n) is 2.21. The van der Waals surface area contributed by atoms with Gasteiger partial charge in [-0.1, -0.05) is 35.3 Å². The number of hydrogen-bond acceptors (Lipinski definition) is 4. The number of carbonyl (C=O) groups excluding carboxylic acids is 1. The number of thiophene rings is 1. The van der Waals surface area contributed by atoms with E-state index >= 15 is 0 Å². The molecule has 1 atom stereocenters. The van der Waals surface area contributed by atoms with Gasteiger partial charge in [0.15, 0.2) is 5.96 Å². The van der Waals surface area contributed by atoms with Gasteiger partial charge < -0.3 is 21.1 Å². The van der Waals surface area contributed by atoms with Crippen LogP contribution in [0.2, 0.25) is 9.36 Å². The van der Waals surface area contributed by atoms with Gasteiger partial charge >= 0.3 is 0 Å². The summed E-state index contributed by atoms with van der Waals surface area (Å²) in [5.41, 5.74) is 0.442. The maximum atomic E-state index is 12.1. The van der Waals surface area contributed by atoms with Crippen LogP contribution >= 0.6 is 34.5 Å². The molecule has 1 aromatic heterocycles. The second-order valence-electron chi connectivity index (χ2n) is 5.54. The van der Waals surface area contributed by atoms with Crippen molar-refractivity contribution in [2.45, 2.75) is 13.0 Å². The minimum absolute atomic E-state index is 0.207. The first-order valence-electron chi connectivity index (χ1n) is 8.49. The van der Waals surface area contributed by atoms with Gasteiger partial charge in [-0.25, -0.2) is 0 Å². The molecule has 4 N–H and O–H groups in total. The number of aliphatic imine (C=N–C) groups is 1. The quantitative estimate of drug-likeness (QED) is 0.295. The summed E-state index contributed by atoms with van der Waals surface area (Å²) in [6.45, 7) is 3.71.